The minimum absolute atomic E-state index is 0.0825. The summed E-state index contributed by atoms with van der Waals surface area (Å²) in [4.78, 5) is 25.2. The second kappa shape index (κ2) is 7.78. The molecule has 6 heteroatoms. The molecule has 2 aromatic carbocycles. The van der Waals surface area contributed by atoms with Crippen molar-refractivity contribution in [1.82, 2.24) is 4.90 Å². The summed E-state index contributed by atoms with van der Waals surface area (Å²) in [6.45, 7) is -0.0885. The number of nitrogens with zero attached hydrogens (tertiary/aromatic N) is 1. The topological polar surface area (TPSA) is 58.6 Å². The highest BCUT2D eigenvalue weighted by Gasteiger charge is 2.08. The number of nitrogens with one attached hydrogen (secondary N) is 1. The van der Waals surface area contributed by atoms with Crippen molar-refractivity contribution in [3.63, 3.8) is 0 Å². The van der Waals surface area contributed by atoms with Gasteiger partial charge in [0.1, 0.15) is 5.75 Å². The number of hydrogen-bond acceptors (Lipinski definition) is 3. The van der Waals surface area contributed by atoms with Gasteiger partial charge in [-0.25, -0.2) is 0 Å². The second-order valence-electron chi connectivity index (χ2n) is 5.07. The highest BCUT2D eigenvalue weighted by atomic mass is 79.9. The molecule has 0 saturated carbocycles. The molecule has 0 aliphatic carbocycles. The van der Waals surface area contributed by atoms with Crippen LogP contribution >= 0.6 is 15.9 Å². The van der Waals surface area contributed by atoms with E-state index >= 15 is 0 Å². The maximum Gasteiger partial charge on any atom is 0.262 e. The van der Waals surface area contributed by atoms with E-state index < -0.39 is 0 Å². The van der Waals surface area contributed by atoms with Gasteiger partial charge in [-0.05, 0) is 42.5 Å². The molecule has 0 aliphatic rings. The summed E-state index contributed by atoms with van der Waals surface area (Å²) in [6.07, 6.45) is 0. The zero-order valence-corrected chi connectivity index (χ0v) is 14.5. The number of benzene rings is 2. The zero-order valence-electron chi connectivity index (χ0n) is 12.9. The predicted molar refractivity (Wildman–Crippen MR) is 92.7 cm³/mol. The van der Waals surface area contributed by atoms with Gasteiger partial charge < -0.3 is 15.0 Å². The fourth-order valence-corrected chi connectivity index (χ4v) is 2.24. The molecule has 0 heterocycles. The van der Waals surface area contributed by atoms with Crippen molar-refractivity contribution in [3.05, 3.63) is 58.6 Å². The van der Waals surface area contributed by atoms with Crippen LogP contribution in [0.25, 0.3) is 0 Å². The van der Waals surface area contributed by atoms with Gasteiger partial charge in [0.15, 0.2) is 6.61 Å². The Morgan fingerprint density at radius 3 is 2.43 bits per heavy atom. The van der Waals surface area contributed by atoms with Gasteiger partial charge in [-0.2, -0.15) is 0 Å². The van der Waals surface area contributed by atoms with E-state index in [9.17, 15) is 9.59 Å². The van der Waals surface area contributed by atoms with Gasteiger partial charge in [-0.1, -0.05) is 22.0 Å². The molecular weight excluding hydrogens is 360 g/mol. The van der Waals surface area contributed by atoms with E-state index in [4.69, 9.17) is 4.74 Å². The van der Waals surface area contributed by atoms with Crippen molar-refractivity contribution in [2.75, 3.05) is 26.0 Å². The first-order chi connectivity index (χ1) is 11.0. The fourth-order valence-electron chi connectivity index (χ4n) is 1.86. The molecule has 5 nitrogen and oxygen atoms in total. The average Bonchev–Trinajstić information content (AvgIpc) is 2.53. The molecule has 0 saturated heterocycles. The minimum Gasteiger partial charge on any atom is -0.484 e. The largest absolute Gasteiger partial charge is 0.484 e. The summed E-state index contributed by atoms with van der Waals surface area (Å²) in [6, 6.07) is 14.0. The molecule has 0 atom stereocenters. The predicted octanol–water partition coefficient (Wildman–Crippen LogP) is 3.17. The number of amides is 2. The number of rotatable bonds is 5. The molecule has 0 aromatic heterocycles. The maximum atomic E-state index is 11.9. The molecule has 0 unspecified atom stereocenters. The Morgan fingerprint density at radius 2 is 1.83 bits per heavy atom. The van der Waals surface area contributed by atoms with Gasteiger partial charge >= 0.3 is 0 Å². The van der Waals surface area contributed by atoms with Crippen LogP contribution in [0.3, 0.4) is 0 Å². The molecule has 2 rings (SSSR count). The van der Waals surface area contributed by atoms with Crippen LogP contribution in [0.2, 0.25) is 0 Å². The van der Waals surface area contributed by atoms with Gasteiger partial charge in [0.25, 0.3) is 11.8 Å². The number of anilines is 1. The molecule has 0 bridgehead atoms. The van der Waals surface area contributed by atoms with Crippen LogP contribution < -0.4 is 10.1 Å². The lowest BCUT2D eigenvalue weighted by atomic mass is 10.2. The van der Waals surface area contributed by atoms with E-state index in [0.29, 0.717) is 17.0 Å². The third-order valence-electron chi connectivity index (χ3n) is 2.99. The molecule has 0 aliphatic heterocycles. The van der Waals surface area contributed by atoms with Crippen LogP contribution in [0, 0.1) is 0 Å². The van der Waals surface area contributed by atoms with Gasteiger partial charge in [0.05, 0.1) is 0 Å². The minimum atomic E-state index is -0.267. The smallest absolute Gasteiger partial charge is 0.262 e. The molecular formula is C17H17BrN2O3. The number of carbonyl (C=O) groups is 2. The van der Waals surface area contributed by atoms with E-state index in [1.165, 1.54) is 4.90 Å². The number of hydrogen-bond donors (Lipinski definition) is 1. The number of ether oxygens (including phenoxy) is 1. The Bertz CT molecular complexity index is 699. The van der Waals surface area contributed by atoms with Gasteiger partial charge in [-0.3, -0.25) is 9.59 Å². The first-order valence-electron chi connectivity index (χ1n) is 6.95. The lowest BCUT2D eigenvalue weighted by Gasteiger charge is -2.11. The standard InChI is InChI=1S/C17H17BrN2O3/c1-20(2)17(22)12-6-8-14(9-7-12)19-16(21)11-23-15-5-3-4-13(18)10-15/h3-10H,11H2,1-2H3,(H,19,21). The molecule has 120 valence electrons. The van der Waals surface area contributed by atoms with Gasteiger partial charge in [0, 0.05) is 29.8 Å². The van der Waals surface area contributed by atoms with E-state index in [2.05, 4.69) is 21.2 Å². The SMILES string of the molecule is CN(C)C(=O)c1ccc(NC(=O)COc2cccc(Br)c2)cc1. The summed E-state index contributed by atoms with van der Waals surface area (Å²) in [7, 11) is 3.38. The van der Waals surface area contributed by atoms with Crippen molar-refractivity contribution in [3.8, 4) is 5.75 Å². The average molecular weight is 377 g/mol. The summed E-state index contributed by atoms with van der Waals surface area (Å²) in [5, 5.41) is 2.72. The van der Waals surface area contributed by atoms with Gasteiger partial charge in [-0.15, -0.1) is 0 Å². The summed E-state index contributed by atoms with van der Waals surface area (Å²) < 4.78 is 6.30. The molecule has 0 spiro atoms. The molecule has 2 amide bonds. The summed E-state index contributed by atoms with van der Waals surface area (Å²) >= 11 is 3.34. The van der Waals surface area contributed by atoms with Crippen molar-refractivity contribution in [1.29, 1.82) is 0 Å². The van der Waals surface area contributed by atoms with E-state index in [0.717, 1.165) is 4.47 Å². The third kappa shape index (κ3) is 5.10. The lowest BCUT2D eigenvalue weighted by molar-refractivity contribution is -0.118. The Morgan fingerprint density at radius 1 is 1.13 bits per heavy atom. The lowest BCUT2D eigenvalue weighted by Crippen LogP contribution is -2.22. The van der Waals surface area contributed by atoms with Crippen molar-refractivity contribution in [2.45, 2.75) is 0 Å². The highest BCUT2D eigenvalue weighted by molar-refractivity contribution is 9.10. The zero-order chi connectivity index (χ0) is 16.8. The van der Waals surface area contributed by atoms with E-state index in [1.54, 1.807) is 50.5 Å². The normalized spacial score (nSPS) is 10.0. The fraction of sp³-hybridized carbons (Fsp3) is 0.176. The summed E-state index contributed by atoms with van der Waals surface area (Å²) in [5.74, 6) is 0.263. The van der Waals surface area contributed by atoms with Crippen LogP contribution in [0.5, 0.6) is 5.75 Å². The Hall–Kier alpha value is -2.34. The van der Waals surface area contributed by atoms with Crippen molar-refractivity contribution < 1.29 is 14.3 Å². The first kappa shape index (κ1) is 17.0. The van der Waals surface area contributed by atoms with Crippen LogP contribution in [-0.4, -0.2) is 37.4 Å². The van der Waals surface area contributed by atoms with E-state index in [-0.39, 0.29) is 18.4 Å². The number of carbonyl (C=O) groups excluding carboxylic acids is 2. The molecule has 1 N–H and O–H groups in total. The monoisotopic (exact) mass is 376 g/mol. The van der Waals surface area contributed by atoms with Crippen LogP contribution in [0.4, 0.5) is 5.69 Å². The maximum absolute atomic E-state index is 11.9. The van der Waals surface area contributed by atoms with Crippen LogP contribution in [0.15, 0.2) is 53.0 Å². The second-order valence-corrected chi connectivity index (χ2v) is 5.99. The molecule has 0 radical (unpaired) electrons. The Kier molecular flexibility index (Phi) is 5.76. The van der Waals surface area contributed by atoms with Crippen LogP contribution in [0.1, 0.15) is 10.4 Å². The highest BCUT2D eigenvalue weighted by Crippen LogP contribution is 2.17. The Labute approximate surface area is 143 Å². The first-order valence-corrected chi connectivity index (χ1v) is 7.75. The molecule has 23 heavy (non-hydrogen) atoms. The Balaban J connectivity index is 1.89. The number of halogens is 1. The van der Waals surface area contributed by atoms with Crippen molar-refractivity contribution >= 4 is 33.4 Å². The summed E-state index contributed by atoms with van der Waals surface area (Å²) in [5.41, 5.74) is 1.18. The molecule has 2 aromatic rings. The van der Waals surface area contributed by atoms with Gasteiger partial charge in [0.2, 0.25) is 0 Å². The van der Waals surface area contributed by atoms with Crippen LogP contribution in [-0.2, 0) is 4.79 Å². The van der Waals surface area contributed by atoms with Crippen molar-refractivity contribution in [2.24, 2.45) is 0 Å². The molecule has 0 fully saturated rings. The van der Waals surface area contributed by atoms with E-state index in [1.807, 2.05) is 12.1 Å². The quantitative estimate of drug-likeness (QED) is 0.871. The third-order valence-corrected chi connectivity index (χ3v) is 3.48.